The van der Waals surface area contributed by atoms with E-state index in [4.69, 9.17) is 0 Å². The summed E-state index contributed by atoms with van der Waals surface area (Å²) in [5.74, 6) is 0. The lowest BCUT2D eigenvalue weighted by atomic mass is 10.1. The maximum Gasteiger partial charge on any atom is 0.150 e. The van der Waals surface area contributed by atoms with Crippen molar-refractivity contribution in [3.63, 3.8) is 0 Å². The van der Waals surface area contributed by atoms with Gasteiger partial charge >= 0.3 is 0 Å². The fourth-order valence-electron chi connectivity index (χ4n) is 4.27. The molecule has 0 radical (unpaired) electrons. The second kappa shape index (κ2) is 10.9. The van der Waals surface area contributed by atoms with E-state index in [1.807, 2.05) is 36.4 Å². The van der Waals surface area contributed by atoms with Crippen molar-refractivity contribution in [2.75, 3.05) is 0 Å². The van der Waals surface area contributed by atoms with Crippen LogP contribution in [0.1, 0.15) is 91.8 Å². The van der Waals surface area contributed by atoms with Gasteiger partial charge in [-0.25, -0.2) is 0 Å². The van der Waals surface area contributed by atoms with Crippen LogP contribution in [0.4, 0.5) is 0 Å². The first-order valence-corrected chi connectivity index (χ1v) is 11.2. The molecule has 0 aliphatic rings. The molecule has 0 spiro atoms. The Morgan fingerprint density at radius 1 is 0.655 bits per heavy atom. The Morgan fingerprint density at radius 2 is 1.10 bits per heavy atom. The van der Waals surface area contributed by atoms with E-state index in [0.29, 0.717) is 11.1 Å². The summed E-state index contributed by atoms with van der Waals surface area (Å²) in [6, 6.07) is 11.7. The zero-order valence-electron chi connectivity index (χ0n) is 17.7. The molecule has 0 aliphatic heterocycles. The highest BCUT2D eigenvalue weighted by Gasteiger charge is 2.12. The van der Waals surface area contributed by atoms with Gasteiger partial charge in [-0.3, -0.25) is 9.59 Å². The van der Waals surface area contributed by atoms with Crippen LogP contribution in [0, 0.1) is 0 Å². The molecule has 0 aliphatic carbocycles. The second-order valence-electron chi connectivity index (χ2n) is 8.12. The van der Waals surface area contributed by atoms with Crippen LogP contribution in [0.5, 0.6) is 0 Å². The zero-order chi connectivity index (χ0) is 20.5. The summed E-state index contributed by atoms with van der Waals surface area (Å²) in [7, 11) is 0. The Hall–Kier alpha value is -2.42. The number of aromatic nitrogens is 1. The van der Waals surface area contributed by atoms with Gasteiger partial charge in [0.1, 0.15) is 12.6 Å². The van der Waals surface area contributed by atoms with Gasteiger partial charge in [0.05, 0.1) is 0 Å². The van der Waals surface area contributed by atoms with Gasteiger partial charge in [-0.2, -0.15) is 0 Å². The molecule has 3 rings (SSSR count). The maximum atomic E-state index is 11.3. The predicted octanol–water partition coefficient (Wildman–Crippen LogP) is 7.34. The Labute approximate surface area is 174 Å². The van der Waals surface area contributed by atoms with Crippen molar-refractivity contribution < 1.29 is 9.59 Å². The van der Waals surface area contributed by atoms with Crippen molar-refractivity contribution in [3.8, 4) is 0 Å². The van der Waals surface area contributed by atoms with Crippen molar-refractivity contribution >= 4 is 34.4 Å². The number of nitrogens with zero attached hydrogens (tertiary/aromatic N) is 1. The van der Waals surface area contributed by atoms with Crippen LogP contribution in [0.3, 0.4) is 0 Å². The first-order valence-electron chi connectivity index (χ1n) is 11.2. The van der Waals surface area contributed by atoms with E-state index in [0.717, 1.165) is 47.3 Å². The van der Waals surface area contributed by atoms with Crippen LogP contribution in [0.25, 0.3) is 21.8 Å². The van der Waals surface area contributed by atoms with E-state index in [2.05, 4.69) is 11.5 Å². The van der Waals surface area contributed by atoms with Crippen molar-refractivity contribution in [2.45, 2.75) is 77.7 Å². The molecule has 0 saturated heterocycles. The third kappa shape index (κ3) is 5.35. The number of unbranched alkanes of at least 4 members (excludes halogenated alkanes) is 9. The molecule has 0 atom stereocenters. The Morgan fingerprint density at radius 3 is 1.55 bits per heavy atom. The molecule has 3 aromatic rings. The molecule has 3 heteroatoms. The lowest BCUT2D eigenvalue weighted by Crippen LogP contribution is -1.98. The van der Waals surface area contributed by atoms with Gasteiger partial charge in [0.25, 0.3) is 0 Å². The number of benzene rings is 2. The number of aryl methyl sites for hydroxylation is 1. The molecule has 29 heavy (non-hydrogen) atoms. The highest BCUT2D eigenvalue weighted by Crippen LogP contribution is 2.30. The Bertz CT molecular complexity index is 889. The predicted molar refractivity (Wildman–Crippen MR) is 122 cm³/mol. The highest BCUT2D eigenvalue weighted by molar-refractivity contribution is 6.10. The van der Waals surface area contributed by atoms with Crippen LogP contribution in [-0.4, -0.2) is 17.1 Å². The topological polar surface area (TPSA) is 39.1 Å². The van der Waals surface area contributed by atoms with Crippen molar-refractivity contribution in [3.05, 3.63) is 47.5 Å². The summed E-state index contributed by atoms with van der Waals surface area (Å²) < 4.78 is 2.29. The third-order valence-corrected chi connectivity index (χ3v) is 5.92. The molecular formula is C26H33NO2. The molecule has 0 N–H and O–H groups in total. The second-order valence-corrected chi connectivity index (χ2v) is 8.12. The van der Waals surface area contributed by atoms with E-state index in [-0.39, 0.29) is 0 Å². The summed E-state index contributed by atoms with van der Waals surface area (Å²) >= 11 is 0. The molecule has 0 saturated carbocycles. The average Bonchev–Trinajstić information content (AvgIpc) is 3.07. The van der Waals surface area contributed by atoms with Gasteiger partial charge in [0.15, 0.2) is 0 Å². The molecular weight excluding hydrogens is 358 g/mol. The maximum absolute atomic E-state index is 11.3. The summed E-state index contributed by atoms with van der Waals surface area (Å²) in [5, 5.41) is 2.30. The van der Waals surface area contributed by atoms with Crippen LogP contribution in [0.15, 0.2) is 36.4 Å². The highest BCUT2D eigenvalue weighted by atomic mass is 16.1. The van der Waals surface area contributed by atoms with E-state index in [9.17, 15) is 9.59 Å². The van der Waals surface area contributed by atoms with Crippen LogP contribution < -0.4 is 0 Å². The van der Waals surface area contributed by atoms with Crippen LogP contribution in [-0.2, 0) is 6.54 Å². The number of carbonyl (C=O) groups is 2. The van der Waals surface area contributed by atoms with E-state index in [1.165, 1.54) is 57.8 Å². The van der Waals surface area contributed by atoms with Crippen molar-refractivity contribution in [1.82, 2.24) is 4.57 Å². The minimum absolute atomic E-state index is 0.695. The summed E-state index contributed by atoms with van der Waals surface area (Å²) in [6.07, 6.45) is 14.9. The number of carbonyl (C=O) groups excluding carboxylic acids is 2. The quantitative estimate of drug-likeness (QED) is 0.226. The van der Waals surface area contributed by atoms with Gasteiger partial charge in [0.2, 0.25) is 0 Å². The summed E-state index contributed by atoms with van der Waals surface area (Å²) in [5.41, 5.74) is 3.56. The fourth-order valence-corrected chi connectivity index (χ4v) is 4.27. The lowest BCUT2D eigenvalue weighted by Gasteiger charge is -2.08. The molecule has 0 fully saturated rings. The fraction of sp³-hybridized carbons (Fsp3) is 0.462. The summed E-state index contributed by atoms with van der Waals surface area (Å²) in [6.45, 7) is 3.18. The molecule has 154 valence electrons. The zero-order valence-corrected chi connectivity index (χ0v) is 17.7. The van der Waals surface area contributed by atoms with Crippen LogP contribution in [0.2, 0.25) is 0 Å². The standard InChI is InChI=1S/C26H33NO2/c1-2-3-4-5-6-7-8-9-10-11-16-27-25-17-21(19-28)12-14-23(25)24-15-13-22(20-29)18-26(24)27/h12-15,17-20H,2-11,16H2,1H3. The first kappa shape index (κ1) is 21.3. The number of hydrogen-bond donors (Lipinski definition) is 0. The Balaban J connectivity index is 1.64. The normalized spacial score (nSPS) is 11.3. The van der Waals surface area contributed by atoms with Gasteiger partial charge in [0, 0.05) is 39.5 Å². The number of fused-ring (bicyclic) bond motifs is 3. The van der Waals surface area contributed by atoms with Gasteiger partial charge in [-0.1, -0.05) is 89.0 Å². The van der Waals surface area contributed by atoms with Gasteiger partial charge in [-0.15, -0.1) is 0 Å². The number of aldehydes is 2. The molecule has 0 amide bonds. The largest absolute Gasteiger partial charge is 0.340 e. The number of rotatable bonds is 13. The van der Waals surface area contributed by atoms with Crippen molar-refractivity contribution in [2.24, 2.45) is 0 Å². The average molecular weight is 392 g/mol. The smallest absolute Gasteiger partial charge is 0.150 e. The molecule has 1 aromatic heterocycles. The van der Waals surface area contributed by atoms with E-state index < -0.39 is 0 Å². The molecule has 0 bridgehead atoms. The first-order chi connectivity index (χ1) is 14.3. The molecule has 1 heterocycles. The third-order valence-electron chi connectivity index (χ3n) is 5.92. The SMILES string of the molecule is CCCCCCCCCCCCn1c2cc(C=O)ccc2c2ccc(C=O)cc21. The van der Waals surface area contributed by atoms with Crippen molar-refractivity contribution in [1.29, 1.82) is 0 Å². The molecule has 0 unspecified atom stereocenters. The number of hydrogen-bond acceptors (Lipinski definition) is 2. The summed E-state index contributed by atoms with van der Waals surface area (Å²) in [4.78, 5) is 22.5. The Kier molecular flexibility index (Phi) is 8.03. The van der Waals surface area contributed by atoms with E-state index >= 15 is 0 Å². The minimum atomic E-state index is 0.695. The van der Waals surface area contributed by atoms with Gasteiger partial charge < -0.3 is 4.57 Å². The minimum Gasteiger partial charge on any atom is -0.340 e. The monoisotopic (exact) mass is 391 g/mol. The van der Waals surface area contributed by atoms with Crippen LogP contribution >= 0.6 is 0 Å². The van der Waals surface area contributed by atoms with Gasteiger partial charge in [-0.05, 0) is 18.6 Å². The lowest BCUT2D eigenvalue weighted by molar-refractivity contribution is 0.111. The molecule has 3 nitrogen and oxygen atoms in total. The van der Waals surface area contributed by atoms with E-state index in [1.54, 1.807) is 0 Å². The molecule has 2 aromatic carbocycles.